The molecule has 0 aliphatic heterocycles. The van der Waals surface area contributed by atoms with Crippen LogP contribution in [0.2, 0.25) is 5.02 Å². The third kappa shape index (κ3) is 3.52. The van der Waals surface area contributed by atoms with Crippen LogP contribution in [0.5, 0.6) is 0 Å². The van der Waals surface area contributed by atoms with Crippen molar-refractivity contribution >= 4 is 28.8 Å². The average molecular weight is 311 g/mol. The second-order valence-electron chi connectivity index (χ2n) is 4.61. The van der Waals surface area contributed by atoms with E-state index in [1.807, 2.05) is 20.8 Å². The fourth-order valence-corrected chi connectivity index (χ4v) is 2.47. The summed E-state index contributed by atoms with van der Waals surface area (Å²) in [5.41, 5.74) is 0.214. The van der Waals surface area contributed by atoms with Crippen molar-refractivity contribution in [1.29, 1.82) is 0 Å². The number of halogens is 1. The Kier molecular flexibility index (Phi) is 4.67. The van der Waals surface area contributed by atoms with Gasteiger partial charge in [-0.2, -0.15) is 0 Å². The van der Waals surface area contributed by atoms with E-state index >= 15 is 0 Å². The van der Waals surface area contributed by atoms with Gasteiger partial charge in [0.2, 0.25) is 0 Å². The number of carbonyl (C=O) groups excluding carboxylic acids is 1. The zero-order chi connectivity index (χ0) is 14.7. The topological polar surface area (TPSA) is 67.8 Å². The lowest BCUT2D eigenvalue weighted by atomic mass is 10.2. The van der Waals surface area contributed by atoms with Crippen molar-refractivity contribution in [3.8, 4) is 0 Å². The summed E-state index contributed by atoms with van der Waals surface area (Å²) in [6, 6.07) is 0. The molecule has 7 heteroatoms. The maximum Gasteiger partial charge on any atom is 0.271 e. The molecule has 0 fully saturated rings. The minimum atomic E-state index is -0.301. The summed E-state index contributed by atoms with van der Waals surface area (Å²) in [5, 5.41) is 4.02. The Morgan fingerprint density at radius 1 is 1.40 bits per heavy atom. The highest BCUT2D eigenvalue weighted by Gasteiger charge is 2.15. The number of rotatable bonds is 4. The molecular formula is C13H15ClN4OS. The van der Waals surface area contributed by atoms with Crippen LogP contribution in [0.25, 0.3) is 0 Å². The Bertz CT molecular complexity index is 627. The van der Waals surface area contributed by atoms with Crippen LogP contribution in [-0.4, -0.2) is 20.9 Å². The van der Waals surface area contributed by atoms with E-state index in [4.69, 9.17) is 11.6 Å². The summed E-state index contributed by atoms with van der Waals surface area (Å²) in [4.78, 5) is 25.6. The Labute approximate surface area is 126 Å². The second kappa shape index (κ2) is 6.28. The molecule has 1 amide bonds. The first kappa shape index (κ1) is 14.9. The number of amides is 1. The van der Waals surface area contributed by atoms with E-state index in [1.165, 1.54) is 6.20 Å². The Morgan fingerprint density at radius 2 is 2.15 bits per heavy atom. The molecule has 0 radical (unpaired) electrons. The van der Waals surface area contributed by atoms with Gasteiger partial charge in [-0.15, -0.1) is 11.3 Å². The summed E-state index contributed by atoms with van der Waals surface area (Å²) in [6.45, 7) is 6.27. The SMILES string of the molecule is Cc1ncc(CNC(=O)c2nc(C(C)C)ncc2Cl)s1. The Hall–Kier alpha value is -1.53. The van der Waals surface area contributed by atoms with Crippen LogP contribution in [0.3, 0.4) is 0 Å². The molecule has 2 heterocycles. The predicted molar refractivity (Wildman–Crippen MR) is 79.2 cm³/mol. The number of hydrogen-bond acceptors (Lipinski definition) is 5. The van der Waals surface area contributed by atoms with Gasteiger partial charge in [-0.05, 0) is 6.92 Å². The maximum absolute atomic E-state index is 12.1. The fourth-order valence-electron chi connectivity index (χ4n) is 1.56. The molecule has 106 valence electrons. The summed E-state index contributed by atoms with van der Waals surface area (Å²) in [7, 11) is 0. The van der Waals surface area contributed by atoms with Crippen molar-refractivity contribution in [1.82, 2.24) is 20.3 Å². The van der Waals surface area contributed by atoms with Gasteiger partial charge in [-0.25, -0.2) is 15.0 Å². The van der Waals surface area contributed by atoms with Crippen LogP contribution in [0, 0.1) is 6.92 Å². The van der Waals surface area contributed by atoms with Gasteiger partial charge in [0.05, 0.1) is 22.8 Å². The normalized spacial score (nSPS) is 10.8. The van der Waals surface area contributed by atoms with Crippen LogP contribution in [0.1, 0.15) is 46.0 Å². The van der Waals surface area contributed by atoms with E-state index < -0.39 is 0 Å². The number of nitrogens with one attached hydrogen (secondary N) is 1. The van der Waals surface area contributed by atoms with Gasteiger partial charge in [-0.3, -0.25) is 4.79 Å². The van der Waals surface area contributed by atoms with Crippen molar-refractivity contribution in [3.63, 3.8) is 0 Å². The smallest absolute Gasteiger partial charge is 0.271 e. The first-order valence-corrected chi connectivity index (χ1v) is 7.38. The molecule has 0 atom stereocenters. The van der Waals surface area contributed by atoms with Crippen LogP contribution in [0.4, 0.5) is 0 Å². The number of hydrogen-bond donors (Lipinski definition) is 1. The molecule has 0 aliphatic carbocycles. The highest BCUT2D eigenvalue weighted by Crippen LogP contribution is 2.17. The first-order valence-electron chi connectivity index (χ1n) is 6.19. The molecule has 2 aromatic heterocycles. The molecule has 2 rings (SSSR count). The minimum Gasteiger partial charge on any atom is -0.346 e. The van der Waals surface area contributed by atoms with E-state index in [0.717, 1.165) is 9.88 Å². The van der Waals surface area contributed by atoms with Crippen molar-refractivity contribution in [3.05, 3.63) is 38.8 Å². The Balaban J connectivity index is 2.10. The van der Waals surface area contributed by atoms with E-state index in [0.29, 0.717) is 12.4 Å². The lowest BCUT2D eigenvalue weighted by Gasteiger charge is -2.08. The molecule has 1 N–H and O–H groups in total. The molecule has 20 heavy (non-hydrogen) atoms. The van der Waals surface area contributed by atoms with Crippen LogP contribution >= 0.6 is 22.9 Å². The van der Waals surface area contributed by atoms with Crippen molar-refractivity contribution in [2.75, 3.05) is 0 Å². The molecule has 2 aromatic rings. The molecular weight excluding hydrogens is 296 g/mol. The van der Waals surface area contributed by atoms with E-state index in [-0.39, 0.29) is 22.5 Å². The zero-order valence-corrected chi connectivity index (χ0v) is 13.0. The molecule has 0 spiro atoms. The average Bonchev–Trinajstić information content (AvgIpc) is 2.82. The minimum absolute atomic E-state index is 0.142. The quantitative estimate of drug-likeness (QED) is 0.942. The second-order valence-corrected chi connectivity index (χ2v) is 6.33. The summed E-state index contributed by atoms with van der Waals surface area (Å²) < 4.78 is 0. The van der Waals surface area contributed by atoms with Gasteiger partial charge in [0.15, 0.2) is 0 Å². The predicted octanol–water partition coefficient (Wildman–Crippen LogP) is 2.95. The molecule has 0 aromatic carbocycles. The lowest BCUT2D eigenvalue weighted by molar-refractivity contribution is 0.0946. The molecule has 0 aliphatic rings. The summed E-state index contributed by atoms with van der Waals surface area (Å²) in [5.74, 6) is 0.446. The summed E-state index contributed by atoms with van der Waals surface area (Å²) >= 11 is 7.53. The Morgan fingerprint density at radius 3 is 2.75 bits per heavy atom. The van der Waals surface area contributed by atoms with Gasteiger partial charge in [0, 0.05) is 17.0 Å². The van der Waals surface area contributed by atoms with Gasteiger partial charge < -0.3 is 5.32 Å². The largest absolute Gasteiger partial charge is 0.346 e. The highest BCUT2D eigenvalue weighted by molar-refractivity contribution is 7.11. The maximum atomic E-state index is 12.1. The van der Waals surface area contributed by atoms with Crippen LogP contribution in [-0.2, 0) is 6.54 Å². The first-order chi connectivity index (χ1) is 9.47. The third-order valence-corrected chi connectivity index (χ3v) is 3.78. The molecule has 0 saturated carbocycles. The molecule has 0 saturated heterocycles. The molecule has 0 bridgehead atoms. The van der Waals surface area contributed by atoms with Gasteiger partial charge in [0.25, 0.3) is 5.91 Å². The van der Waals surface area contributed by atoms with Crippen molar-refractivity contribution in [2.45, 2.75) is 33.2 Å². The highest BCUT2D eigenvalue weighted by atomic mass is 35.5. The molecule has 0 unspecified atom stereocenters. The van der Waals surface area contributed by atoms with E-state index in [9.17, 15) is 4.79 Å². The lowest BCUT2D eigenvalue weighted by Crippen LogP contribution is -2.24. The number of aryl methyl sites for hydroxylation is 1. The van der Waals surface area contributed by atoms with Gasteiger partial charge >= 0.3 is 0 Å². The number of thiazole rings is 1. The van der Waals surface area contributed by atoms with Crippen molar-refractivity contribution in [2.24, 2.45) is 0 Å². The fraction of sp³-hybridized carbons (Fsp3) is 0.385. The number of carbonyl (C=O) groups is 1. The van der Waals surface area contributed by atoms with Gasteiger partial charge in [0.1, 0.15) is 11.5 Å². The standard InChI is InChI=1S/C13H15ClN4OS/c1-7(2)12-16-6-10(14)11(18-12)13(19)17-5-9-4-15-8(3)20-9/h4,6-7H,5H2,1-3H3,(H,17,19). The van der Waals surface area contributed by atoms with Crippen LogP contribution in [0.15, 0.2) is 12.4 Å². The zero-order valence-electron chi connectivity index (χ0n) is 11.5. The van der Waals surface area contributed by atoms with Gasteiger partial charge in [-0.1, -0.05) is 25.4 Å². The third-order valence-electron chi connectivity index (χ3n) is 2.59. The number of nitrogens with zero attached hydrogens (tertiary/aromatic N) is 3. The number of aromatic nitrogens is 3. The van der Waals surface area contributed by atoms with Crippen molar-refractivity contribution < 1.29 is 4.79 Å². The monoisotopic (exact) mass is 310 g/mol. The van der Waals surface area contributed by atoms with E-state index in [2.05, 4.69) is 20.3 Å². The van der Waals surface area contributed by atoms with E-state index in [1.54, 1.807) is 17.5 Å². The molecule has 5 nitrogen and oxygen atoms in total. The van der Waals surface area contributed by atoms with Crippen LogP contribution < -0.4 is 5.32 Å². The summed E-state index contributed by atoms with van der Waals surface area (Å²) in [6.07, 6.45) is 3.22.